The van der Waals surface area contributed by atoms with Crippen LogP contribution in [0.5, 0.6) is 11.5 Å². The molecule has 38 heavy (non-hydrogen) atoms. The molecule has 0 amide bonds. The van der Waals surface area contributed by atoms with Gasteiger partial charge in [-0.3, -0.25) is 0 Å². The molecule has 1 aliphatic rings. The molecule has 6 rings (SSSR count). The van der Waals surface area contributed by atoms with Crippen molar-refractivity contribution < 1.29 is 4.74 Å². The molecule has 0 fully saturated rings. The van der Waals surface area contributed by atoms with E-state index >= 15 is 0 Å². The van der Waals surface area contributed by atoms with Crippen molar-refractivity contribution in [2.45, 2.75) is 66.2 Å². The summed E-state index contributed by atoms with van der Waals surface area (Å²) in [6.45, 7) is 15.7. The molecule has 0 aliphatic carbocycles. The van der Waals surface area contributed by atoms with Crippen LogP contribution in [0.15, 0.2) is 72.8 Å². The number of rotatable bonds is 4. The summed E-state index contributed by atoms with van der Waals surface area (Å²) in [6.07, 6.45) is 1.12. The summed E-state index contributed by atoms with van der Waals surface area (Å²) < 4.78 is 11.4. The van der Waals surface area contributed by atoms with Gasteiger partial charge in [-0.25, -0.2) is 0 Å². The first kappa shape index (κ1) is 26.6. The minimum absolute atomic E-state index is 0.0966. The maximum absolute atomic E-state index is 6.37. The molecule has 2 nitrogen and oxygen atoms in total. The average molecular weight is 569 g/mol. The summed E-state index contributed by atoms with van der Waals surface area (Å²) in [7, 11) is 2.20. The molecule has 3 heteroatoms. The molecular formula is C35H39NOSe. The van der Waals surface area contributed by atoms with Gasteiger partial charge >= 0.3 is 221 Å². The molecule has 5 aromatic rings. The molecular weight excluding hydrogens is 529 g/mol. The summed E-state index contributed by atoms with van der Waals surface area (Å²) >= 11 is 0.237. The summed E-state index contributed by atoms with van der Waals surface area (Å²) in [6, 6.07) is 27.0. The number of hydrogen-bond acceptors (Lipinski definition) is 1. The van der Waals surface area contributed by atoms with Crippen molar-refractivity contribution in [3.8, 4) is 11.5 Å². The van der Waals surface area contributed by atoms with E-state index in [0.717, 1.165) is 17.9 Å². The molecule has 2 heterocycles. The first-order valence-corrected chi connectivity index (χ1v) is 15.6. The SMILES string of the molecule is CC.CCC(C)c1cc2c(cc1C(C)(C)c1ccccc1C)c1cc3c(cc1n2C)Oc1ccccc1[Se]3. The van der Waals surface area contributed by atoms with Crippen LogP contribution >= 0.6 is 0 Å². The van der Waals surface area contributed by atoms with Crippen LogP contribution in [-0.2, 0) is 12.5 Å². The molecule has 0 N–H and O–H groups in total. The van der Waals surface area contributed by atoms with Gasteiger partial charge in [0.1, 0.15) is 0 Å². The zero-order valence-electron chi connectivity index (χ0n) is 24.0. The Morgan fingerprint density at radius 3 is 2.21 bits per heavy atom. The number of ether oxygens (including phenoxy) is 1. The van der Waals surface area contributed by atoms with Gasteiger partial charge in [0.25, 0.3) is 0 Å². The third-order valence-electron chi connectivity index (χ3n) is 8.17. The van der Waals surface area contributed by atoms with Crippen molar-refractivity contribution in [1.29, 1.82) is 0 Å². The van der Waals surface area contributed by atoms with Gasteiger partial charge in [-0.2, -0.15) is 0 Å². The van der Waals surface area contributed by atoms with E-state index in [9.17, 15) is 0 Å². The maximum atomic E-state index is 6.37. The van der Waals surface area contributed by atoms with Gasteiger partial charge in [-0.1, -0.05) is 13.8 Å². The van der Waals surface area contributed by atoms with Gasteiger partial charge in [-0.15, -0.1) is 0 Å². The summed E-state index contributed by atoms with van der Waals surface area (Å²) in [5.74, 6) is 2.50. The van der Waals surface area contributed by atoms with Crippen LogP contribution in [0.25, 0.3) is 21.8 Å². The van der Waals surface area contributed by atoms with Crippen molar-refractivity contribution in [2.75, 3.05) is 0 Å². The Hall–Kier alpha value is -3.00. The number of nitrogens with zero attached hydrogens (tertiary/aromatic N) is 1. The number of aryl methyl sites for hydroxylation is 2. The first-order chi connectivity index (χ1) is 18.3. The van der Waals surface area contributed by atoms with Crippen LogP contribution < -0.4 is 13.7 Å². The van der Waals surface area contributed by atoms with Crippen molar-refractivity contribution in [3.63, 3.8) is 0 Å². The minimum atomic E-state index is -0.0966. The predicted molar refractivity (Wildman–Crippen MR) is 165 cm³/mol. The van der Waals surface area contributed by atoms with Crippen molar-refractivity contribution in [2.24, 2.45) is 7.05 Å². The molecule has 4 aromatic carbocycles. The Kier molecular flexibility index (Phi) is 7.20. The molecule has 0 spiro atoms. The topological polar surface area (TPSA) is 14.2 Å². The van der Waals surface area contributed by atoms with E-state index in [1.165, 1.54) is 53.0 Å². The quantitative estimate of drug-likeness (QED) is 0.195. The Labute approximate surface area is 234 Å². The van der Waals surface area contributed by atoms with Gasteiger partial charge in [0, 0.05) is 0 Å². The zero-order valence-corrected chi connectivity index (χ0v) is 25.7. The van der Waals surface area contributed by atoms with Crippen molar-refractivity contribution >= 4 is 45.7 Å². The normalized spacial score (nSPS) is 13.4. The first-order valence-electron chi connectivity index (χ1n) is 13.9. The number of hydrogen-bond donors (Lipinski definition) is 0. The van der Waals surface area contributed by atoms with Gasteiger partial charge in [0.05, 0.1) is 0 Å². The van der Waals surface area contributed by atoms with E-state index in [1.807, 2.05) is 13.8 Å². The second kappa shape index (κ2) is 10.3. The van der Waals surface area contributed by atoms with Crippen LogP contribution in [0, 0.1) is 6.92 Å². The third-order valence-corrected chi connectivity index (χ3v) is 10.5. The van der Waals surface area contributed by atoms with E-state index in [-0.39, 0.29) is 20.4 Å². The van der Waals surface area contributed by atoms with Crippen LogP contribution in [0.2, 0.25) is 0 Å². The summed E-state index contributed by atoms with van der Waals surface area (Å²) in [5, 5.41) is 2.67. The predicted octanol–water partition coefficient (Wildman–Crippen LogP) is 8.27. The van der Waals surface area contributed by atoms with Crippen molar-refractivity contribution in [1.82, 2.24) is 4.57 Å². The van der Waals surface area contributed by atoms with Gasteiger partial charge in [-0.05, 0) is 0 Å². The van der Waals surface area contributed by atoms with E-state index in [2.05, 4.69) is 119 Å². The third kappa shape index (κ3) is 4.27. The van der Waals surface area contributed by atoms with Gasteiger partial charge in [0.15, 0.2) is 0 Å². The Morgan fingerprint density at radius 2 is 1.47 bits per heavy atom. The summed E-state index contributed by atoms with van der Waals surface area (Å²) in [4.78, 5) is 0. The molecule has 0 saturated heterocycles. The Bertz CT molecular complexity index is 1640. The van der Waals surface area contributed by atoms with Crippen LogP contribution in [0.4, 0.5) is 0 Å². The Balaban J connectivity index is 0.00000144. The van der Waals surface area contributed by atoms with Crippen LogP contribution in [-0.4, -0.2) is 19.5 Å². The zero-order chi connectivity index (χ0) is 27.2. The number of para-hydroxylation sites is 1. The fourth-order valence-electron chi connectivity index (χ4n) is 5.87. The Morgan fingerprint density at radius 1 is 0.816 bits per heavy atom. The van der Waals surface area contributed by atoms with E-state index < -0.39 is 0 Å². The van der Waals surface area contributed by atoms with E-state index in [0.29, 0.717) is 5.92 Å². The molecule has 0 radical (unpaired) electrons. The standard InChI is InChI=1S/C33H33NOSe.C2H6/c1-7-20(2)22-17-27-23(16-26(22)33(4,5)25-13-9-8-12-21(25)3)24-18-32-30(19-28(24)34(27)6)35-29-14-10-11-15-31(29)36-32;1-2/h8-20H,7H2,1-6H3;1-2H3. The molecule has 1 atom stereocenters. The summed E-state index contributed by atoms with van der Waals surface area (Å²) in [5.41, 5.74) is 8.10. The van der Waals surface area contributed by atoms with Crippen molar-refractivity contribution in [3.05, 3.63) is 95.1 Å². The fraction of sp³-hybridized carbons (Fsp3) is 0.314. The van der Waals surface area contributed by atoms with E-state index in [1.54, 1.807) is 0 Å². The molecule has 0 saturated carbocycles. The molecule has 0 bridgehead atoms. The number of fused-ring (bicyclic) bond motifs is 5. The molecule has 196 valence electrons. The second-order valence-corrected chi connectivity index (χ2v) is 13.0. The fourth-order valence-corrected chi connectivity index (χ4v) is 7.91. The number of benzene rings is 4. The molecule has 1 aromatic heterocycles. The second-order valence-electron chi connectivity index (χ2n) is 10.7. The van der Waals surface area contributed by atoms with Crippen LogP contribution in [0.1, 0.15) is 76.1 Å². The van der Waals surface area contributed by atoms with Gasteiger partial charge < -0.3 is 0 Å². The van der Waals surface area contributed by atoms with Crippen LogP contribution in [0.3, 0.4) is 0 Å². The molecule has 1 aliphatic heterocycles. The number of aromatic nitrogens is 1. The molecule has 1 unspecified atom stereocenters. The monoisotopic (exact) mass is 569 g/mol. The average Bonchev–Trinajstić information content (AvgIpc) is 3.20. The van der Waals surface area contributed by atoms with Gasteiger partial charge in [0.2, 0.25) is 0 Å². The van der Waals surface area contributed by atoms with E-state index in [4.69, 9.17) is 4.74 Å².